The number of rotatable bonds is 6. The van der Waals surface area contributed by atoms with Gasteiger partial charge in [0.15, 0.2) is 0 Å². The van der Waals surface area contributed by atoms with Crippen LogP contribution in [-0.4, -0.2) is 16.8 Å². The minimum Gasteiger partial charge on any atom is -0.280 e. The normalized spacial score (nSPS) is 11.9. The SMILES string of the molecule is Cc1cc(C)c(S(=O)(=O)Nc2ccc(Br)cc2)cc1S(=O)(=O)Nc1ccc(Br)cc1. The average molecular weight is 574 g/mol. The third kappa shape index (κ3) is 5.23. The van der Waals surface area contributed by atoms with E-state index in [9.17, 15) is 16.8 Å². The van der Waals surface area contributed by atoms with E-state index in [1.165, 1.54) is 6.07 Å². The molecular formula is C20H18Br2N2O4S2. The average Bonchev–Trinajstić information content (AvgIpc) is 2.64. The van der Waals surface area contributed by atoms with Gasteiger partial charge in [-0.2, -0.15) is 0 Å². The summed E-state index contributed by atoms with van der Waals surface area (Å²) in [5.41, 5.74) is 1.63. The molecule has 3 aromatic carbocycles. The van der Waals surface area contributed by atoms with Crippen LogP contribution in [0.3, 0.4) is 0 Å². The highest BCUT2D eigenvalue weighted by molar-refractivity contribution is 9.10. The summed E-state index contributed by atoms with van der Waals surface area (Å²) in [6.45, 7) is 3.25. The molecule has 0 unspecified atom stereocenters. The maximum Gasteiger partial charge on any atom is 0.262 e. The highest BCUT2D eigenvalue weighted by atomic mass is 79.9. The number of benzene rings is 3. The quantitative estimate of drug-likeness (QED) is 0.411. The number of nitrogens with one attached hydrogen (secondary N) is 2. The molecule has 0 saturated carbocycles. The summed E-state index contributed by atoms with van der Waals surface area (Å²) in [6.07, 6.45) is 0. The van der Waals surface area contributed by atoms with Gasteiger partial charge in [0.1, 0.15) is 0 Å². The first kappa shape index (κ1) is 22.8. The molecule has 0 spiro atoms. The summed E-state index contributed by atoms with van der Waals surface area (Å²) in [5.74, 6) is 0. The second-order valence-corrected chi connectivity index (χ2v) is 11.7. The maximum atomic E-state index is 13.0. The zero-order valence-electron chi connectivity index (χ0n) is 16.0. The Morgan fingerprint density at radius 2 is 0.933 bits per heavy atom. The Labute approximate surface area is 193 Å². The van der Waals surface area contributed by atoms with E-state index in [1.807, 2.05) is 0 Å². The molecule has 0 amide bonds. The molecule has 0 fully saturated rings. The lowest BCUT2D eigenvalue weighted by molar-refractivity contribution is 0.598. The Hall–Kier alpha value is -1.88. The molecule has 0 radical (unpaired) electrons. The van der Waals surface area contributed by atoms with Crippen LogP contribution in [0.2, 0.25) is 0 Å². The van der Waals surface area contributed by atoms with Crippen LogP contribution in [0.1, 0.15) is 11.1 Å². The Morgan fingerprint density at radius 1 is 0.600 bits per heavy atom. The molecule has 158 valence electrons. The number of hydrogen-bond acceptors (Lipinski definition) is 4. The van der Waals surface area contributed by atoms with Crippen LogP contribution in [0.25, 0.3) is 0 Å². The van der Waals surface area contributed by atoms with Crippen LogP contribution < -0.4 is 9.44 Å². The van der Waals surface area contributed by atoms with Crippen molar-refractivity contribution < 1.29 is 16.8 Å². The van der Waals surface area contributed by atoms with Gasteiger partial charge < -0.3 is 0 Å². The molecule has 6 nitrogen and oxygen atoms in total. The lowest BCUT2D eigenvalue weighted by Gasteiger charge is -2.15. The maximum absolute atomic E-state index is 13.0. The molecule has 0 aliphatic heterocycles. The number of halogens is 2. The topological polar surface area (TPSA) is 92.3 Å². The fourth-order valence-corrected chi connectivity index (χ4v) is 6.08. The standard InChI is InChI=1S/C20H18Br2N2O4S2/c1-13-11-14(2)20(30(27,28)24-18-9-5-16(22)6-10-18)12-19(13)29(25,26)23-17-7-3-15(21)4-8-17/h3-12,23-24H,1-2H3. The van der Waals surface area contributed by atoms with Crippen LogP contribution in [-0.2, 0) is 20.0 Å². The second-order valence-electron chi connectivity index (χ2n) is 6.61. The molecule has 30 heavy (non-hydrogen) atoms. The number of anilines is 2. The van der Waals surface area contributed by atoms with Crippen molar-refractivity contribution in [3.8, 4) is 0 Å². The van der Waals surface area contributed by atoms with Gasteiger partial charge in [0.05, 0.1) is 9.79 Å². The summed E-state index contributed by atoms with van der Waals surface area (Å²) >= 11 is 6.60. The highest BCUT2D eigenvalue weighted by Gasteiger charge is 2.24. The van der Waals surface area contributed by atoms with Crippen LogP contribution in [0.4, 0.5) is 11.4 Å². The van der Waals surface area contributed by atoms with Gasteiger partial charge in [0.25, 0.3) is 20.0 Å². The van der Waals surface area contributed by atoms with Crippen LogP contribution >= 0.6 is 31.9 Å². The molecule has 3 aromatic rings. The molecule has 0 aliphatic rings. The van der Waals surface area contributed by atoms with Gasteiger partial charge in [-0.25, -0.2) is 16.8 Å². The predicted octanol–water partition coefficient (Wildman–Crippen LogP) is 5.43. The predicted molar refractivity (Wildman–Crippen MR) is 126 cm³/mol. The lowest BCUT2D eigenvalue weighted by atomic mass is 10.2. The first-order chi connectivity index (χ1) is 14.0. The monoisotopic (exact) mass is 572 g/mol. The molecule has 10 heteroatoms. The summed E-state index contributed by atoms with van der Waals surface area (Å²) in [6, 6.07) is 16.0. The van der Waals surface area contributed by atoms with Crippen molar-refractivity contribution in [1.82, 2.24) is 0 Å². The minimum atomic E-state index is -4.00. The van der Waals surface area contributed by atoms with E-state index in [0.717, 1.165) is 8.95 Å². The van der Waals surface area contributed by atoms with Gasteiger partial charge in [0.2, 0.25) is 0 Å². The van der Waals surface area contributed by atoms with Crippen molar-refractivity contribution in [1.29, 1.82) is 0 Å². The number of sulfonamides is 2. The molecular weight excluding hydrogens is 556 g/mol. The fourth-order valence-electron chi connectivity index (χ4n) is 2.85. The van der Waals surface area contributed by atoms with E-state index in [-0.39, 0.29) is 9.79 Å². The van der Waals surface area contributed by atoms with Crippen molar-refractivity contribution in [3.63, 3.8) is 0 Å². The van der Waals surface area contributed by atoms with Crippen molar-refractivity contribution >= 4 is 63.3 Å². The first-order valence-electron chi connectivity index (χ1n) is 8.66. The van der Waals surface area contributed by atoms with E-state index < -0.39 is 20.0 Å². The summed E-state index contributed by atoms with van der Waals surface area (Å²) in [7, 11) is -8.00. The van der Waals surface area contributed by atoms with Crippen molar-refractivity contribution in [2.45, 2.75) is 23.6 Å². The summed E-state index contributed by atoms with van der Waals surface area (Å²) < 4.78 is 58.4. The Kier molecular flexibility index (Phi) is 6.61. The van der Waals surface area contributed by atoms with E-state index in [4.69, 9.17) is 0 Å². The van der Waals surface area contributed by atoms with Crippen molar-refractivity contribution in [3.05, 3.63) is 80.7 Å². The third-order valence-electron chi connectivity index (χ3n) is 4.24. The third-order valence-corrected chi connectivity index (χ3v) is 8.35. The van der Waals surface area contributed by atoms with E-state index in [2.05, 4.69) is 41.3 Å². The number of hydrogen-bond donors (Lipinski definition) is 2. The van der Waals surface area contributed by atoms with E-state index in [1.54, 1.807) is 68.4 Å². The molecule has 3 rings (SSSR count). The summed E-state index contributed by atoms with van der Waals surface area (Å²) in [4.78, 5) is -0.209. The fraction of sp³-hybridized carbons (Fsp3) is 0.100. The molecule has 0 aromatic heterocycles. The van der Waals surface area contributed by atoms with E-state index in [0.29, 0.717) is 22.5 Å². The molecule has 2 N–H and O–H groups in total. The first-order valence-corrected chi connectivity index (χ1v) is 13.2. The largest absolute Gasteiger partial charge is 0.280 e. The van der Waals surface area contributed by atoms with Gasteiger partial charge in [-0.15, -0.1) is 0 Å². The van der Waals surface area contributed by atoms with Crippen molar-refractivity contribution in [2.75, 3.05) is 9.44 Å². The Balaban J connectivity index is 2.00. The molecule has 0 atom stereocenters. The number of aryl methyl sites for hydroxylation is 2. The zero-order chi connectivity index (χ0) is 22.1. The van der Waals surface area contributed by atoms with E-state index >= 15 is 0 Å². The van der Waals surface area contributed by atoms with Crippen LogP contribution in [0, 0.1) is 13.8 Å². The smallest absolute Gasteiger partial charge is 0.262 e. The summed E-state index contributed by atoms with van der Waals surface area (Å²) in [5, 5.41) is 0. The zero-order valence-corrected chi connectivity index (χ0v) is 20.8. The van der Waals surface area contributed by atoms with Crippen LogP contribution in [0.5, 0.6) is 0 Å². The van der Waals surface area contributed by atoms with Gasteiger partial charge in [-0.1, -0.05) is 37.9 Å². The molecule has 0 saturated heterocycles. The van der Waals surface area contributed by atoms with Crippen LogP contribution in [0.15, 0.2) is 79.4 Å². The van der Waals surface area contributed by atoms with Crippen molar-refractivity contribution in [2.24, 2.45) is 0 Å². The molecule has 0 bridgehead atoms. The second kappa shape index (κ2) is 8.70. The lowest BCUT2D eigenvalue weighted by Crippen LogP contribution is -2.18. The minimum absolute atomic E-state index is 0.104. The Bertz CT molecular complexity index is 1190. The van der Waals surface area contributed by atoms with Gasteiger partial charge in [0, 0.05) is 20.3 Å². The van der Waals surface area contributed by atoms with Gasteiger partial charge in [-0.05, 0) is 79.6 Å². The highest BCUT2D eigenvalue weighted by Crippen LogP contribution is 2.28. The van der Waals surface area contributed by atoms with Gasteiger partial charge >= 0.3 is 0 Å². The van der Waals surface area contributed by atoms with Gasteiger partial charge in [-0.3, -0.25) is 9.44 Å². The Morgan fingerprint density at radius 3 is 1.27 bits per heavy atom. The molecule has 0 aliphatic carbocycles. The molecule has 0 heterocycles.